The molecule has 1 N–H and O–H groups in total. The van der Waals surface area contributed by atoms with E-state index in [2.05, 4.69) is 37.8 Å². The lowest BCUT2D eigenvalue weighted by atomic mass is 9.79. The van der Waals surface area contributed by atoms with Crippen LogP contribution in [0.25, 0.3) is 0 Å². The predicted molar refractivity (Wildman–Crippen MR) is 84.9 cm³/mol. The van der Waals surface area contributed by atoms with E-state index in [0.717, 1.165) is 25.0 Å². The van der Waals surface area contributed by atoms with Gasteiger partial charge in [-0.05, 0) is 56.2 Å². The summed E-state index contributed by atoms with van der Waals surface area (Å²) in [6.07, 6.45) is 6.36. The van der Waals surface area contributed by atoms with E-state index in [1.807, 2.05) is 0 Å². The van der Waals surface area contributed by atoms with Crippen molar-refractivity contribution in [1.82, 2.24) is 5.32 Å². The summed E-state index contributed by atoms with van der Waals surface area (Å²) in [5.74, 6) is 4.13. The van der Waals surface area contributed by atoms with Crippen LogP contribution in [0.5, 0.6) is 0 Å². The van der Waals surface area contributed by atoms with Crippen LogP contribution < -0.4 is 5.32 Å². The van der Waals surface area contributed by atoms with Crippen molar-refractivity contribution in [2.24, 2.45) is 11.8 Å². The predicted octanol–water partition coefficient (Wildman–Crippen LogP) is 3.70. The Labute approximate surface area is 123 Å². The SMILES string of the molecule is CCCNC(CC(C)C)C1CCOC2(CCSC2)C1. The number of ether oxygens (including phenoxy) is 1. The van der Waals surface area contributed by atoms with Crippen molar-refractivity contribution in [2.45, 2.75) is 64.5 Å². The second-order valence-electron chi connectivity index (χ2n) is 6.78. The molecule has 112 valence electrons. The van der Waals surface area contributed by atoms with E-state index in [4.69, 9.17) is 4.74 Å². The Hall–Kier alpha value is 0.270. The third kappa shape index (κ3) is 4.37. The van der Waals surface area contributed by atoms with Crippen LogP contribution in [0.3, 0.4) is 0 Å². The lowest BCUT2D eigenvalue weighted by Crippen LogP contribution is -2.47. The largest absolute Gasteiger partial charge is 0.374 e. The minimum atomic E-state index is 0.233. The smallest absolute Gasteiger partial charge is 0.0783 e. The van der Waals surface area contributed by atoms with E-state index in [1.165, 1.54) is 43.6 Å². The van der Waals surface area contributed by atoms with Crippen LogP contribution in [-0.4, -0.2) is 36.3 Å². The highest BCUT2D eigenvalue weighted by Gasteiger charge is 2.42. The van der Waals surface area contributed by atoms with Gasteiger partial charge in [0.2, 0.25) is 0 Å². The van der Waals surface area contributed by atoms with E-state index in [-0.39, 0.29) is 5.60 Å². The standard InChI is InChI=1S/C16H31NOS/c1-4-7-17-15(10-13(2)3)14-5-8-18-16(11-14)6-9-19-12-16/h13-15,17H,4-12H2,1-3H3. The fourth-order valence-electron chi connectivity index (χ4n) is 3.55. The van der Waals surface area contributed by atoms with Gasteiger partial charge in [0.1, 0.15) is 0 Å². The highest BCUT2D eigenvalue weighted by molar-refractivity contribution is 7.99. The van der Waals surface area contributed by atoms with Crippen LogP contribution >= 0.6 is 11.8 Å². The van der Waals surface area contributed by atoms with Gasteiger partial charge in [-0.15, -0.1) is 0 Å². The zero-order valence-corrected chi connectivity index (χ0v) is 13.7. The fourth-order valence-corrected chi connectivity index (χ4v) is 4.93. The average Bonchev–Trinajstić information content (AvgIpc) is 2.82. The van der Waals surface area contributed by atoms with Crippen molar-refractivity contribution in [1.29, 1.82) is 0 Å². The van der Waals surface area contributed by atoms with Crippen molar-refractivity contribution < 1.29 is 4.74 Å². The highest BCUT2D eigenvalue weighted by Crippen LogP contribution is 2.41. The van der Waals surface area contributed by atoms with Gasteiger partial charge < -0.3 is 10.1 Å². The minimum Gasteiger partial charge on any atom is -0.374 e. The molecule has 0 aromatic carbocycles. The second-order valence-corrected chi connectivity index (χ2v) is 7.88. The van der Waals surface area contributed by atoms with E-state index in [1.54, 1.807) is 0 Å². The Morgan fingerprint density at radius 2 is 2.26 bits per heavy atom. The molecule has 2 nitrogen and oxygen atoms in total. The van der Waals surface area contributed by atoms with Gasteiger partial charge >= 0.3 is 0 Å². The molecule has 3 unspecified atom stereocenters. The van der Waals surface area contributed by atoms with E-state index in [9.17, 15) is 0 Å². The molecule has 19 heavy (non-hydrogen) atoms. The third-order valence-electron chi connectivity index (χ3n) is 4.55. The van der Waals surface area contributed by atoms with Crippen LogP contribution in [0.15, 0.2) is 0 Å². The first-order valence-corrected chi connectivity index (χ1v) is 9.26. The molecule has 2 saturated heterocycles. The Bertz CT molecular complexity index is 263. The van der Waals surface area contributed by atoms with Crippen LogP contribution in [0.4, 0.5) is 0 Å². The molecule has 0 aromatic heterocycles. The monoisotopic (exact) mass is 285 g/mol. The van der Waals surface area contributed by atoms with E-state index in [0.29, 0.717) is 6.04 Å². The van der Waals surface area contributed by atoms with E-state index < -0.39 is 0 Å². The Morgan fingerprint density at radius 3 is 2.89 bits per heavy atom. The Kier molecular flexibility index (Phi) is 6.04. The summed E-state index contributed by atoms with van der Waals surface area (Å²) in [4.78, 5) is 0. The van der Waals surface area contributed by atoms with Crippen LogP contribution in [-0.2, 0) is 4.74 Å². The molecule has 1 spiro atoms. The summed E-state index contributed by atoms with van der Waals surface area (Å²) in [6.45, 7) is 9.10. The maximum Gasteiger partial charge on any atom is 0.0783 e. The molecule has 0 saturated carbocycles. The Balaban J connectivity index is 1.94. The molecular weight excluding hydrogens is 254 g/mol. The quantitative estimate of drug-likeness (QED) is 0.804. The summed E-state index contributed by atoms with van der Waals surface area (Å²) in [7, 11) is 0. The molecule has 2 heterocycles. The van der Waals surface area contributed by atoms with Crippen LogP contribution in [0.1, 0.15) is 52.9 Å². The summed E-state index contributed by atoms with van der Waals surface area (Å²) in [5.41, 5.74) is 0.233. The van der Waals surface area contributed by atoms with Gasteiger partial charge in [0.25, 0.3) is 0 Å². The number of nitrogens with one attached hydrogen (secondary N) is 1. The molecule has 0 radical (unpaired) electrons. The number of hydrogen-bond acceptors (Lipinski definition) is 3. The van der Waals surface area contributed by atoms with Crippen LogP contribution in [0, 0.1) is 11.8 Å². The first kappa shape index (κ1) is 15.7. The third-order valence-corrected chi connectivity index (χ3v) is 5.77. The second kappa shape index (κ2) is 7.33. The zero-order chi connectivity index (χ0) is 13.7. The molecule has 0 aromatic rings. The normalized spacial score (nSPS) is 33.2. The maximum atomic E-state index is 6.17. The zero-order valence-electron chi connectivity index (χ0n) is 12.9. The van der Waals surface area contributed by atoms with Crippen LogP contribution in [0.2, 0.25) is 0 Å². The molecule has 2 aliphatic heterocycles. The molecular formula is C16H31NOS. The van der Waals surface area contributed by atoms with Gasteiger partial charge in [-0.2, -0.15) is 11.8 Å². The lowest BCUT2D eigenvalue weighted by Gasteiger charge is -2.41. The highest BCUT2D eigenvalue weighted by atomic mass is 32.2. The van der Waals surface area contributed by atoms with Crippen molar-refractivity contribution in [3.63, 3.8) is 0 Å². The molecule has 2 aliphatic rings. The topological polar surface area (TPSA) is 21.3 Å². The summed E-state index contributed by atoms with van der Waals surface area (Å²) < 4.78 is 6.17. The van der Waals surface area contributed by atoms with Gasteiger partial charge in [-0.25, -0.2) is 0 Å². The number of rotatable bonds is 6. The molecule has 2 rings (SSSR count). The first-order chi connectivity index (χ1) is 9.15. The van der Waals surface area contributed by atoms with Crippen molar-refractivity contribution in [3.05, 3.63) is 0 Å². The minimum absolute atomic E-state index is 0.233. The molecule has 3 atom stereocenters. The molecule has 0 bridgehead atoms. The van der Waals surface area contributed by atoms with Gasteiger partial charge in [-0.3, -0.25) is 0 Å². The average molecular weight is 285 g/mol. The first-order valence-electron chi connectivity index (χ1n) is 8.10. The van der Waals surface area contributed by atoms with Gasteiger partial charge in [0.05, 0.1) is 5.60 Å². The number of thioether (sulfide) groups is 1. The summed E-state index contributed by atoms with van der Waals surface area (Å²) >= 11 is 2.08. The van der Waals surface area contributed by atoms with Gasteiger partial charge in [-0.1, -0.05) is 20.8 Å². The van der Waals surface area contributed by atoms with Crippen molar-refractivity contribution in [2.75, 3.05) is 24.7 Å². The Morgan fingerprint density at radius 1 is 1.42 bits per heavy atom. The van der Waals surface area contributed by atoms with Gasteiger partial charge in [0, 0.05) is 18.4 Å². The molecule has 2 fully saturated rings. The summed E-state index contributed by atoms with van der Waals surface area (Å²) in [6, 6.07) is 0.700. The lowest BCUT2D eigenvalue weighted by molar-refractivity contribution is -0.0860. The fraction of sp³-hybridized carbons (Fsp3) is 1.00. The summed E-state index contributed by atoms with van der Waals surface area (Å²) in [5, 5.41) is 3.81. The van der Waals surface area contributed by atoms with Crippen molar-refractivity contribution in [3.8, 4) is 0 Å². The number of hydrogen-bond donors (Lipinski definition) is 1. The maximum absolute atomic E-state index is 6.17. The van der Waals surface area contributed by atoms with E-state index >= 15 is 0 Å². The molecule has 0 aliphatic carbocycles. The molecule has 0 amide bonds. The van der Waals surface area contributed by atoms with Gasteiger partial charge in [0.15, 0.2) is 0 Å². The molecule has 3 heteroatoms. The van der Waals surface area contributed by atoms with Crippen molar-refractivity contribution >= 4 is 11.8 Å².